The Hall–Kier alpha value is 0.104. The molecule has 138 valence electrons. The first kappa shape index (κ1) is 29.1. The molecule has 0 aliphatic carbocycles. The third kappa shape index (κ3) is 7.94. The van der Waals surface area contributed by atoms with Gasteiger partial charge in [-0.25, -0.2) is 13.8 Å². The van der Waals surface area contributed by atoms with Gasteiger partial charge in [0.15, 0.2) is 11.6 Å². The Morgan fingerprint density at radius 1 is 1.17 bits per heavy atom. The second-order valence-electron chi connectivity index (χ2n) is 5.04. The van der Waals surface area contributed by atoms with Crippen LogP contribution in [0.5, 0.6) is 11.5 Å². The van der Waals surface area contributed by atoms with E-state index in [9.17, 15) is 13.6 Å². The number of aromatic nitrogens is 2. The van der Waals surface area contributed by atoms with E-state index in [1.807, 2.05) is 0 Å². The van der Waals surface area contributed by atoms with Crippen LogP contribution in [0.1, 0.15) is 5.56 Å². The van der Waals surface area contributed by atoms with Gasteiger partial charge in [-0.2, -0.15) is 5.26 Å². The number of rotatable bonds is 2. The van der Waals surface area contributed by atoms with E-state index in [2.05, 4.69) is 4.98 Å². The zero-order valence-electron chi connectivity index (χ0n) is 15.6. The summed E-state index contributed by atoms with van der Waals surface area (Å²) in [6.07, 6.45) is -0.953. The first-order valence-electron chi connectivity index (χ1n) is 7.14. The van der Waals surface area contributed by atoms with E-state index < -0.39 is 29.1 Å². The molecule has 3 aromatic rings. The maximum absolute atomic E-state index is 13.8. The molecule has 8 nitrogen and oxygen atoms in total. The van der Waals surface area contributed by atoms with E-state index in [0.29, 0.717) is 5.52 Å². The summed E-state index contributed by atoms with van der Waals surface area (Å²) in [5, 5.41) is 25.9. The average molecular weight is 639 g/mol. The van der Waals surface area contributed by atoms with Gasteiger partial charge in [0.2, 0.25) is 0 Å². The fraction of sp³-hybridized carbons (Fsp3) is 0.0588. The molecule has 0 unspecified atom stereocenters. The number of ether oxygens (including phenoxy) is 1. The molecule has 0 N–H and O–H groups in total. The predicted octanol–water partition coefficient (Wildman–Crippen LogP) is -5.56. The van der Waals surface area contributed by atoms with Gasteiger partial charge in [-0.15, -0.1) is 0 Å². The zero-order valence-corrected chi connectivity index (χ0v) is 28.2. The van der Waals surface area contributed by atoms with Gasteiger partial charge in [0.25, 0.3) is 5.56 Å². The molecule has 12 heteroatoms. The molecule has 0 fully saturated rings. The molecule has 0 aliphatic rings. The molecular weight excluding hydrogens is 630 g/mol. The molecule has 0 atom stereocenters. The monoisotopic (exact) mass is 639 g/mol. The smallest absolute Gasteiger partial charge is 0.652 e. The van der Waals surface area contributed by atoms with Gasteiger partial charge >= 0.3 is 138 Å². The van der Waals surface area contributed by atoms with E-state index in [0.717, 1.165) is 12.1 Å². The van der Waals surface area contributed by atoms with E-state index in [4.69, 9.17) is 25.0 Å². The number of carboxylic acid groups (broad SMARTS) is 2. The first-order chi connectivity index (χ1) is 12.7. The van der Waals surface area contributed by atoms with Crippen LogP contribution in [0.25, 0.3) is 10.9 Å². The van der Waals surface area contributed by atoms with Crippen LogP contribution < -0.4 is 158 Å². The van der Waals surface area contributed by atoms with Crippen LogP contribution in [-0.4, -0.2) is 15.7 Å². The number of benzene rings is 2. The normalized spacial score (nSPS) is 9.17. The molecule has 3 rings (SSSR count). The van der Waals surface area contributed by atoms with Crippen molar-refractivity contribution in [2.75, 3.05) is 0 Å². The number of carbonyl (C=O) groups is 1. The van der Waals surface area contributed by atoms with Gasteiger partial charge in [0, 0.05) is 7.05 Å². The summed E-state index contributed by atoms with van der Waals surface area (Å²) in [5.41, 5.74) is -0.398. The minimum Gasteiger partial charge on any atom is -0.652 e. The molecule has 0 aliphatic heterocycles. The molecular formula is C17H9Cs2F2N3O5. The third-order valence-corrected chi connectivity index (χ3v) is 3.28. The first-order valence-corrected chi connectivity index (χ1v) is 7.14. The van der Waals surface area contributed by atoms with Crippen molar-refractivity contribution in [1.82, 2.24) is 9.55 Å². The summed E-state index contributed by atoms with van der Waals surface area (Å²) in [5.74, 6) is -2.18. The van der Waals surface area contributed by atoms with Crippen molar-refractivity contribution in [2.24, 2.45) is 7.05 Å². The largest absolute Gasteiger partial charge is 1.00 e. The van der Waals surface area contributed by atoms with Crippen LogP contribution in [0.4, 0.5) is 13.6 Å². The van der Waals surface area contributed by atoms with Crippen molar-refractivity contribution in [2.45, 2.75) is 0 Å². The van der Waals surface area contributed by atoms with Gasteiger partial charge in [0.05, 0.1) is 17.2 Å². The van der Waals surface area contributed by atoms with Crippen molar-refractivity contribution in [3.05, 3.63) is 64.2 Å². The predicted molar refractivity (Wildman–Crippen MR) is 83.5 cm³/mol. The minimum absolute atomic E-state index is 0. The van der Waals surface area contributed by atoms with Crippen LogP contribution in [0.15, 0.2) is 41.5 Å². The summed E-state index contributed by atoms with van der Waals surface area (Å²) >= 11 is 0. The van der Waals surface area contributed by atoms with E-state index >= 15 is 0 Å². The Morgan fingerprint density at radius 3 is 2.34 bits per heavy atom. The standard InChI is InChI=1S/C16H9F2N3O2.CH2O3.2Cs/c1-21-8-20-14-5-2-9(6-10(14)16(21)22)23-15-11(7-19)12(17)3-4-13(15)18;2-1(3)4;;/h2-6,8H,1H3;(H2,2,3,4);;/q;;2*+1/p-2. The molecule has 1 aromatic heterocycles. The Balaban J connectivity index is 0.00000120. The fourth-order valence-corrected chi connectivity index (χ4v) is 2.11. The topological polar surface area (TPSA) is 131 Å². The molecule has 0 amide bonds. The molecule has 1 heterocycles. The summed E-state index contributed by atoms with van der Waals surface area (Å²) < 4.78 is 34.0. The molecule has 0 saturated carbocycles. The molecule has 0 saturated heterocycles. The van der Waals surface area contributed by atoms with Gasteiger partial charge in [-0.3, -0.25) is 4.79 Å². The van der Waals surface area contributed by atoms with E-state index in [-0.39, 0.29) is 154 Å². The van der Waals surface area contributed by atoms with Gasteiger partial charge in [-0.05, 0) is 36.5 Å². The van der Waals surface area contributed by atoms with Crippen molar-refractivity contribution in [3.63, 3.8) is 0 Å². The zero-order chi connectivity index (χ0) is 20.1. The maximum atomic E-state index is 13.8. The Morgan fingerprint density at radius 2 is 1.76 bits per heavy atom. The van der Waals surface area contributed by atoms with Gasteiger partial charge < -0.3 is 24.3 Å². The molecule has 2 aromatic carbocycles. The summed E-state index contributed by atoms with van der Waals surface area (Å²) in [4.78, 5) is 24.5. The van der Waals surface area contributed by atoms with Crippen LogP contribution >= 0.6 is 0 Å². The number of fused-ring (bicyclic) bond motifs is 1. The van der Waals surface area contributed by atoms with Crippen molar-refractivity contribution < 1.29 is 166 Å². The van der Waals surface area contributed by atoms with Crippen LogP contribution in [0, 0.1) is 23.0 Å². The number of hydrogen-bond donors (Lipinski definition) is 0. The second kappa shape index (κ2) is 13.5. The van der Waals surface area contributed by atoms with Crippen LogP contribution in [0.2, 0.25) is 0 Å². The van der Waals surface area contributed by atoms with E-state index in [1.54, 1.807) is 13.1 Å². The number of aryl methyl sites for hydroxylation is 1. The fourth-order valence-electron chi connectivity index (χ4n) is 2.11. The quantitative estimate of drug-likeness (QED) is 0.274. The van der Waals surface area contributed by atoms with Crippen LogP contribution in [0.3, 0.4) is 0 Å². The van der Waals surface area contributed by atoms with Gasteiger partial charge in [-0.1, -0.05) is 0 Å². The Bertz CT molecular complexity index is 1130. The van der Waals surface area contributed by atoms with E-state index in [1.165, 1.54) is 29.1 Å². The molecule has 29 heavy (non-hydrogen) atoms. The van der Waals surface area contributed by atoms with Crippen molar-refractivity contribution in [1.29, 1.82) is 5.26 Å². The average Bonchev–Trinajstić information content (AvgIpc) is 2.61. The molecule has 0 spiro atoms. The molecule has 0 radical (unpaired) electrons. The van der Waals surface area contributed by atoms with Crippen LogP contribution in [-0.2, 0) is 7.05 Å². The number of nitrogens with zero attached hydrogens (tertiary/aromatic N) is 3. The summed E-state index contributed by atoms with van der Waals surface area (Å²) in [6.45, 7) is 0. The van der Waals surface area contributed by atoms with Gasteiger partial charge in [0.1, 0.15) is 23.2 Å². The number of halogens is 2. The minimum atomic E-state index is -2.33. The number of hydrogen-bond acceptors (Lipinski definition) is 7. The number of nitriles is 1. The summed E-state index contributed by atoms with van der Waals surface area (Å²) in [7, 11) is 1.54. The maximum Gasteiger partial charge on any atom is 1.00 e. The third-order valence-electron chi connectivity index (χ3n) is 3.28. The Labute approximate surface area is 280 Å². The summed E-state index contributed by atoms with van der Waals surface area (Å²) in [6, 6.07) is 7.63. The Kier molecular flexibility index (Phi) is 13.6. The van der Waals surface area contributed by atoms with Crippen molar-refractivity contribution in [3.8, 4) is 17.6 Å². The van der Waals surface area contributed by atoms with Crippen molar-refractivity contribution >= 4 is 17.1 Å². The molecule has 0 bridgehead atoms. The SMILES string of the molecule is Cn1cnc2ccc(Oc3c(F)ccc(F)c3C#N)cc2c1=O.O=C([O-])[O-].[Cs+].[Cs+]. The second-order valence-corrected chi connectivity index (χ2v) is 5.04. The number of carbonyl (C=O) groups excluding carboxylic acids is 1.